The van der Waals surface area contributed by atoms with Crippen molar-refractivity contribution in [2.45, 2.75) is 52.2 Å². The van der Waals surface area contributed by atoms with Crippen LogP contribution < -0.4 is 9.62 Å². The van der Waals surface area contributed by atoms with Crippen LogP contribution in [0.2, 0.25) is 5.02 Å². The van der Waals surface area contributed by atoms with Crippen molar-refractivity contribution in [3.05, 3.63) is 64.9 Å². The van der Waals surface area contributed by atoms with Crippen LogP contribution in [0, 0.1) is 5.82 Å². The van der Waals surface area contributed by atoms with E-state index in [4.69, 9.17) is 11.6 Å². The molecule has 34 heavy (non-hydrogen) atoms. The first-order chi connectivity index (χ1) is 15.7. The van der Waals surface area contributed by atoms with Gasteiger partial charge in [0.2, 0.25) is 21.8 Å². The normalized spacial score (nSPS) is 12.7. The summed E-state index contributed by atoms with van der Waals surface area (Å²) in [5.74, 6) is -1.62. The molecule has 2 aromatic carbocycles. The SMILES string of the molecule is CC[C@@H](C(=O)NC(C)(C)C)N(Cc1ccccc1Cl)C(=O)CN(c1cccc(F)c1)S(C)(=O)=O. The second kappa shape index (κ2) is 11.2. The standard InChI is InChI=1S/C24H31ClFN3O4S/c1-6-21(23(31)27-24(2,3)4)28(15-17-10-7-8-13-20(17)25)22(30)16-29(34(5,32)33)19-12-9-11-18(26)14-19/h7-14,21H,6,15-16H2,1-5H3,(H,27,31)/t21-/m0/s1. The number of sulfonamides is 1. The molecule has 10 heteroatoms. The first-order valence-electron chi connectivity index (χ1n) is 10.8. The summed E-state index contributed by atoms with van der Waals surface area (Å²) in [6, 6.07) is 11.0. The van der Waals surface area contributed by atoms with E-state index >= 15 is 0 Å². The van der Waals surface area contributed by atoms with Gasteiger partial charge in [0.05, 0.1) is 11.9 Å². The number of amides is 2. The van der Waals surface area contributed by atoms with Crippen LogP contribution in [0.1, 0.15) is 39.7 Å². The van der Waals surface area contributed by atoms with Gasteiger partial charge in [-0.2, -0.15) is 0 Å². The molecule has 0 aromatic heterocycles. The van der Waals surface area contributed by atoms with E-state index < -0.39 is 39.9 Å². The molecule has 7 nitrogen and oxygen atoms in total. The molecule has 0 fully saturated rings. The summed E-state index contributed by atoms with van der Waals surface area (Å²) < 4.78 is 39.6. The minimum Gasteiger partial charge on any atom is -0.350 e. The van der Waals surface area contributed by atoms with E-state index in [1.165, 1.54) is 23.1 Å². The number of carbonyl (C=O) groups excluding carboxylic acids is 2. The Morgan fingerprint density at radius 3 is 2.29 bits per heavy atom. The number of anilines is 1. The predicted octanol–water partition coefficient (Wildman–Crippen LogP) is 3.97. The Balaban J connectivity index is 2.48. The average Bonchev–Trinajstić information content (AvgIpc) is 2.70. The number of benzene rings is 2. The van der Waals surface area contributed by atoms with Crippen molar-refractivity contribution in [2.75, 3.05) is 17.1 Å². The lowest BCUT2D eigenvalue weighted by Gasteiger charge is -2.34. The summed E-state index contributed by atoms with van der Waals surface area (Å²) in [5.41, 5.74) is 0.0844. The molecular formula is C24H31ClFN3O4S. The van der Waals surface area contributed by atoms with Gasteiger partial charge in [-0.3, -0.25) is 13.9 Å². The quantitative estimate of drug-likeness (QED) is 0.552. The number of nitrogens with one attached hydrogen (secondary N) is 1. The molecule has 0 aliphatic heterocycles. The van der Waals surface area contributed by atoms with Crippen molar-refractivity contribution in [2.24, 2.45) is 0 Å². The first-order valence-corrected chi connectivity index (χ1v) is 13.0. The molecule has 1 N–H and O–H groups in total. The van der Waals surface area contributed by atoms with Gasteiger partial charge >= 0.3 is 0 Å². The summed E-state index contributed by atoms with van der Waals surface area (Å²) in [7, 11) is -3.93. The number of carbonyl (C=O) groups is 2. The summed E-state index contributed by atoms with van der Waals surface area (Å²) in [5, 5.41) is 3.29. The number of rotatable bonds is 9. The fraction of sp³-hybridized carbons (Fsp3) is 0.417. The topological polar surface area (TPSA) is 86.8 Å². The molecule has 0 radical (unpaired) electrons. The Kier molecular flexibility index (Phi) is 9.08. The third-order valence-electron chi connectivity index (χ3n) is 4.96. The highest BCUT2D eigenvalue weighted by atomic mass is 35.5. The van der Waals surface area contributed by atoms with E-state index in [2.05, 4.69) is 5.32 Å². The maximum atomic E-state index is 13.8. The molecule has 0 aliphatic rings. The first kappa shape index (κ1) is 27.6. The van der Waals surface area contributed by atoms with Crippen molar-refractivity contribution >= 4 is 39.1 Å². The van der Waals surface area contributed by atoms with Gasteiger partial charge in [0.1, 0.15) is 18.4 Å². The Labute approximate surface area is 205 Å². The van der Waals surface area contributed by atoms with Crippen molar-refractivity contribution in [3.8, 4) is 0 Å². The monoisotopic (exact) mass is 511 g/mol. The van der Waals surface area contributed by atoms with Gasteiger partial charge in [-0.15, -0.1) is 0 Å². The van der Waals surface area contributed by atoms with Gasteiger partial charge in [0, 0.05) is 17.1 Å². The van der Waals surface area contributed by atoms with E-state index in [0.29, 0.717) is 10.6 Å². The van der Waals surface area contributed by atoms with E-state index in [1.54, 1.807) is 31.2 Å². The van der Waals surface area contributed by atoms with Crippen LogP contribution in [0.4, 0.5) is 10.1 Å². The molecule has 2 amide bonds. The summed E-state index contributed by atoms with van der Waals surface area (Å²) >= 11 is 6.31. The fourth-order valence-electron chi connectivity index (χ4n) is 3.43. The maximum Gasteiger partial charge on any atom is 0.244 e. The zero-order valence-electron chi connectivity index (χ0n) is 20.0. The number of hydrogen-bond donors (Lipinski definition) is 1. The summed E-state index contributed by atoms with van der Waals surface area (Å²) in [6.45, 7) is 6.63. The molecule has 2 aromatic rings. The molecule has 0 unspecified atom stereocenters. The highest BCUT2D eigenvalue weighted by Gasteiger charge is 2.33. The lowest BCUT2D eigenvalue weighted by molar-refractivity contribution is -0.141. The third kappa shape index (κ3) is 7.70. The smallest absolute Gasteiger partial charge is 0.244 e. The van der Waals surface area contributed by atoms with Crippen LogP contribution in [0.25, 0.3) is 0 Å². The van der Waals surface area contributed by atoms with Gasteiger partial charge in [-0.25, -0.2) is 12.8 Å². The number of hydrogen-bond acceptors (Lipinski definition) is 4. The molecule has 0 spiro atoms. The van der Waals surface area contributed by atoms with E-state index in [9.17, 15) is 22.4 Å². The van der Waals surface area contributed by atoms with Gasteiger partial charge in [0.15, 0.2) is 0 Å². The van der Waals surface area contributed by atoms with E-state index in [0.717, 1.165) is 16.6 Å². The van der Waals surface area contributed by atoms with E-state index in [1.807, 2.05) is 20.8 Å². The molecule has 0 saturated carbocycles. The number of halogens is 2. The molecule has 0 aliphatic carbocycles. The lowest BCUT2D eigenvalue weighted by atomic mass is 10.1. The second-order valence-electron chi connectivity index (χ2n) is 9.03. The second-order valence-corrected chi connectivity index (χ2v) is 11.3. The Morgan fingerprint density at radius 1 is 1.12 bits per heavy atom. The molecule has 2 rings (SSSR count). The van der Waals surface area contributed by atoms with Crippen LogP contribution in [-0.4, -0.2) is 49.5 Å². The predicted molar refractivity (Wildman–Crippen MR) is 133 cm³/mol. The summed E-state index contributed by atoms with van der Waals surface area (Å²) in [6.07, 6.45) is 1.23. The van der Waals surface area contributed by atoms with Crippen molar-refractivity contribution in [1.29, 1.82) is 0 Å². The zero-order valence-corrected chi connectivity index (χ0v) is 21.6. The third-order valence-corrected chi connectivity index (χ3v) is 6.47. The van der Waals surface area contributed by atoms with Gasteiger partial charge in [-0.1, -0.05) is 42.8 Å². The average molecular weight is 512 g/mol. The Morgan fingerprint density at radius 2 is 1.76 bits per heavy atom. The molecule has 0 saturated heterocycles. The highest BCUT2D eigenvalue weighted by Crippen LogP contribution is 2.23. The summed E-state index contributed by atoms with van der Waals surface area (Å²) in [4.78, 5) is 28.0. The maximum absolute atomic E-state index is 13.8. The molecule has 1 atom stereocenters. The van der Waals surface area contributed by atoms with Crippen LogP contribution >= 0.6 is 11.6 Å². The lowest BCUT2D eigenvalue weighted by Crippen LogP contribution is -2.55. The van der Waals surface area contributed by atoms with Crippen molar-refractivity contribution in [3.63, 3.8) is 0 Å². The number of nitrogens with zero attached hydrogens (tertiary/aromatic N) is 2. The van der Waals surface area contributed by atoms with Gasteiger partial charge in [0.25, 0.3) is 0 Å². The minimum atomic E-state index is -3.93. The van der Waals surface area contributed by atoms with Gasteiger partial charge in [-0.05, 0) is 57.0 Å². The highest BCUT2D eigenvalue weighted by molar-refractivity contribution is 7.92. The van der Waals surface area contributed by atoms with Crippen LogP contribution in [0.5, 0.6) is 0 Å². The van der Waals surface area contributed by atoms with Crippen LogP contribution in [-0.2, 0) is 26.2 Å². The van der Waals surface area contributed by atoms with Gasteiger partial charge < -0.3 is 10.2 Å². The Bertz CT molecular complexity index is 1140. The van der Waals surface area contributed by atoms with Crippen molar-refractivity contribution < 1.29 is 22.4 Å². The van der Waals surface area contributed by atoms with Crippen LogP contribution in [0.3, 0.4) is 0 Å². The minimum absolute atomic E-state index is 0.00463. The molecule has 0 heterocycles. The fourth-order valence-corrected chi connectivity index (χ4v) is 4.46. The molecular weight excluding hydrogens is 481 g/mol. The molecule has 0 bridgehead atoms. The Hall–Kier alpha value is -2.65. The largest absolute Gasteiger partial charge is 0.350 e. The van der Waals surface area contributed by atoms with Crippen molar-refractivity contribution in [1.82, 2.24) is 10.2 Å². The van der Waals surface area contributed by atoms with E-state index in [-0.39, 0.29) is 24.6 Å². The van der Waals surface area contributed by atoms with Crippen LogP contribution in [0.15, 0.2) is 48.5 Å². The molecule has 186 valence electrons. The zero-order chi connectivity index (χ0) is 25.7.